The van der Waals surface area contributed by atoms with E-state index < -0.39 is 0 Å². The van der Waals surface area contributed by atoms with Gasteiger partial charge < -0.3 is 14.5 Å². The average Bonchev–Trinajstić information content (AvgIpc) is 3.12. The molecule has 0 saturated carbocycles. The number of hydrogen-bond donors (Lipinski definition) is 0. The van der Waals surface area contributed by atoms with Gasteiger partial charge in [0.15, 0.2) is 5.75 Å². The standard InChI is InChI=1S/C21H20Cl2N2OS/c1-4-13(9-20-24(2)16-11-14(22)5-7-18(16)26-20)10-21-25(3)17-12-15(23)6-8-19(17)27-21/h5-12,21H,4H2,1-3H3. The average molecular weight is 419 g/mol. The van der Waals surface area contributed by atoms with Crippen LogP contribution in [0.25, 0.3) is 0 Å². The minimum atomic E-state index is 0.230. The summed E-state index contributed by atoms with van der Waals surface area (Å²) >= 11 is 14.1. The van der Waals surface area contributed by atoms with Crippen molar-refractivity contribution in [3.8, 4) is 5.75 Å². The van der Waals surface area contributed by atoms with Crippen LogP contribution in [0.1, 0.15) is 13.3 Å². The number of likely N-dealkylation sites (N-methyl/N-ethyl adjacent to an activating group) is 1. The molecular weight excluding hydrogens is 399 g/mol. The summed E-state index contributed by atoms with van der Waals surface area (Å²) in [5, 5.41) is 1.70. The van der Waals surface area contributed by atoms with E-state index in [1.165, 1.54) is 16.2 Å². The number of allylic oxidation sites excluding steroid dienone is 2. The van der Waals surface area contributed by atoms with Crippen molar-refractivity contribution >= 4 is 46.3 Å². The van der Waals surface area contributed by atoms with Crippen LogP contribution in [0, 0.1) is 0 Å². The van der Waals surface area contributed by atoms with Gasteiger partial charge in [-0.25, -0.2) is 0 Å². The van der Waals surface area contributed by atoms with Crippen LogP contribution in [0.4, 0.5) is 11.4 Å². The lowest BCUT2D eigenvalue weighted by Gasteiger charge is -2.19. The van der Waals surface area contributed by atoms with Gasteiger partial charge in [-0.05, 0) is 54.5 Å². The SMILES string of the molecule is CCC(=CC1Sc2ccc(Cl)cc2N1C)C=C1Oc2ccc(Cl)cc2N1C. The van der Waals surface area contributed by atoms with E-state index in [0.717, 1.165) is 28.8 Å². The molecule has 140 valence electrons. The smallest absolute Gasteiger partial charge is 0.200 e. The molecule has 0 aliphatic carbocycles. The third kappa shape index (κ3) is 3.54. The highest BCUT2D eigenvalue weighted by atomic mass is 35.5. The van der Waals surface area contributed by atoms with E-state index in [4.69, 9.17) is 27.9 Å². The Morgan fingerprint density at radius 2 is 1.81 bits per heavy atom. The summed E-state index contributed by atoms with van der Waals surface area (Å²) in [5.74, 6) is 1.64. The zero-order valence-electron chi connectivity index (χ0n) is 15.4. The van der Waals surface area contributed by atoms with Gasteiger partial charge in [0.05, 0.1) is 16.7 Å². The van der Waals surface area contributed by atoms with Gasteiger partial charge in [0, 0.05) is 35.1 Å². The first-order valence-electron chi connectivity index (χ1n) is 8.79. The summed E-state index contributed by atoms with van der Waals surface area (Å²) in [6, 6.07) is 11.7. The molecular formula is C21H20Cl2N2OS. The molecule has 3 nitrogen and oxygen atoms in total. The molecule has 2 aliphatic heterocycles. The Bertz CT molecular complexity index is 957. The van der Waals surface area contributed by atoms with Crippen LogP contribution in [0.2, 0.25) is 10.0 Å². The highest BCUT2D eigenvalue weighted by Gasteiger charge is 2.27. The first-order chi connectivity index (χ1) is 13.0. The number of fused-ring (bicyclic) bond motifs is 2. The van der Waals surface area contributed by atoms with Crippen LogP contribution in [0.5, 0.6) is 5.75 Å². The number of thioether (sulfide) groups is 1. The summed E-state index contributed by atoms with van der Waals surface area (Å²) < 4.78 is 6.03. The second-order valence-corrected chi connectivity index (χ2v) is 8.61. The topological polar surface area (TPSA) is 15.7 Å². The number of anilines is 2. The molecule has 2 aromatic rings. The summed E-state index contributed by atoms with van der Waals surface area (Å²) in [5.41, 5.74) is 3.38. The normalized spacial score (nSPS) is 20.1. The van der Waals surface area contributed by atoms with E-state index in [2.05, 4.69) is 37.1 Å². The Hall–Kier alpha value is -1.75. The molecule has 0 saturated heterocycles. The van der Waals surface area contributed by atoms with Crippen LogP contribution in [0.15, 0.2) is 64.9 Å². The van der Waals surface area contributed by atoms with Crippen molar-refractivity contribution < 1.29 is 4.74 Å². The van der Waals surface area contributed by atoms with Crippen molar-refractivity contribution in [3.05, 3.63) is 70.1 Å². The zero-order chi connectivity index (χ0) is 19.1. The van der Waals surface area contributed by atoms with Gasteiger partial charge in [0.1, 0.15) is 0 Å². The number of nitrogens with zero attached hydrogens (tertiary/aromatic N) is 2. The molecule has 0 spiro atoms. The maximum atomic E-state index is 6.16. The maximum Gasteiger partial charge on any atom is 0.200 e. The van der Waals surface area contributed by atoms with Crippen molar-refractivity contribution in [2.75, 3.05) is 23.9 Å². The fraction of sp³-hybridized carbons (Fsp3) is 0.238. The Morgan fingerprint density at radius 3 is 2.56 bits per heavy atom. The Labute approximate surface area is 174 Å². The van der Waals surface area contributed by atoms with Gasteiger partial charge >= 0.3 is 0 Å². The van der Waals surface area contributed by atoms with E-state index in [0.29, 0.717) is 5.02 Å². The van der Waals surface area contributed by atoms with E-state index in [-0.39, 0.29) is 5.37 Å². The van der Waals surface area contributed by atoms with Gasteiger partial charge in [-0.15, -0.1) is 0 Å². The molecule has 2 heterocycles. The monoisotopic (exact) mass is 418 g/mol. The Kier molecular flexibility index (Phi) is 5.06. The first-order valence-corrected chi connectivity index (χ1v) is 10.4. The van der Waals surface area contributed by atoms with Crippen LogP contribution < -0.4 is 14.5 Å². The molecule has 1 atom stereocenters. The fourth-order valence-corrected chi connectivity index (χ4v) is 4.81. The quantitative estimate of drug-likeness (QED) is 0.559. The molecule has 4 rings (SSSR count). The highest BCUT2D eigenvalue weighted by Crippen LogP contribution is 2.45. The van der Waals surface area contributed by atoms with Crippen molar-refractivity contribution in [1.29, 1.82) is 0 Å². The van der Waals surface area contributed by atoms with Crippen molar-refractivity contribution in [1.82, 2.24) is 0 Å². The molecule has 0 radical (unpaired) electrons. The molecule has 0 N–H and O–H groups in total. The van der Waals surface area contributed by atoms with Gasteiger partial charge in [-0.3, -0.25) is 0 Å². The van der Waals surface area contributed by atoms with Crippen LogP contribution in [-0.4, -0.2) is 19.5 Å². The van der Waals surface area contributed by atoms with Crippen LogP contribution in [-0.2, 0) is 0 Å². The fourth-order valence-electron chi connectivity index (χ4n) is 3.23. The van der Waals surface area contributed by atoms with Crippen LogP contribution >= 0.6 is 35.0 Å². The van der Waals surface area contributed by atoms with Crippen molar-refractivity contribution in [2.24, 2.45) is 0 Å². The minimum absolute atomic E-state index is 0.230. The molecule has 27 heavy (non-hydrogen) atoms. The number of halogens is 2. The molecule has 2 aliphatic rings. The second kappa shape index (κ2) is 7.34. The van der Waals surface area contributed by atoms with E-state index in [1.54, 1.807) is 0 Å². The molecule has 1 unspecified atom stereocenters. The predicted octanol–water partition coefficient (Wildman–Crippen LogP) is 6.57. The zero-order valence-corrected chi connectivity index (χ0v) is 17.7. The van der Waals surface area contributed by atoms with E-state index >= 15 is 0 Å². The van der Waals surface area contributed by atoms with Crippen LogP contribution in [0.3, 0.4) is 0 Å². The van der Waals surface area contributed by atoms with Gasteiger partial charge in [-0.1, -0.05) is 41.9 Å². The molecule has 0 bridgehead atoms. The minimum Gasteiger partial charge on any atom is -0.439 e. The predicted molar refractivity (Wildman–Crippen MR) is 116 cm³/mol. The van der Waals surface area contributed by atoms with Gasteiger partial charge in [0.25, 0.3) is 0 Å². The lowest BCUT2D eigenvalue weighted by atomic mass is 10.1. The van der Waals surface area contributed by atoms with E-state index in [9.17, 15) is 0 Å². The largest absolute Gasteiger partial charge is 0.439 e. The number of hydrogen-bond acceptors (Lipinski definition) is 4. The molecule has 0 aromatic heterocycles. The molecule has 0 amide bonds. The Morgan fingerprint density at radius 1 is 1.11 bits per heavy atom. The summed E-state index contributed by atoms with van der Waals surface area (Å²) in [6.07, 6.45) is 5.32. The second-order valence-electron chi connectivity index (χ2n) is 6.58. The third-order valence-corrected chi connectivity index (χ3v) is 6.59. The van der Waals surface area contributed by atoms with Crippen molar-refractivity contribution in [3.63, 3.8) is 0 Å². The van der Waals surface area contributed by atoms with Gasteiger partial charge in [-0.2, -0.15) is 0 Å². The summed E-state index contributed by atoms with van der Waals surface area (Å²) in [4.78, 5) is 5.54. The Balaban J connectivity index is 1.59. The third-order valence-electron chi connectivity index (χ3n) is 4.83. The number of benzene rings is 2. The first kappa shape index (κ1) is 18.6. The lowest BCUT2D eigenvalue weighted by molar-refractivity contribution is 0.443. The molecule has 2 aromatic carbocycles. The summed E-state index contributed by atoms with van der Waals surface area (Å²) in [7, 11) is 4.10. The molecule has 0 fully saturated rings. The van der Waals surface area contributed by atoms with Gasteiger partial charge in [0.2, 0.25) is 5.88 Å². The highest BCUT2D eigenvalue weighted by molar-refractivity contribution is 8.00. The van der Waals surface area contributed by atoms with Crippen molar-refractivity contribution in [2.45, 2.75) is 23.6 Å². The molecule has 6 heteroatoms. The maximum absolute atomic E-state index is 6.16. The van der Waals surface area contributed by atoms with E-state index in [1.807, 2.05) is 54.0 Å². The number of ether oxygens (including phenoxy) is 1. The lowest BCUT2D eigenvalue weighted by Crippen LogP contribution is -2.22. The number of rotatable bonds is 3. The summed E-state index contributed by atoms with van der Waals surface area (Å²) in [6.45, 7) is 2.16.